The Bertz CT molecular complexity index is 999. The van der Waals surface area contributed by atoms with Crippen LogP contribution in [0.4, 0.5) is 5.69 Å². The van der Waals surface area contributed by atoms with Gasteiger partial charge in [-0.25, -0.2) is 0 Å². The van der Waals surface area contributed by atoms with E-state index in [4.69, 9.17) is 9.47 Å². The predicted octanol–water partition coefficient (Wildman–Crippen LogP) is 4.09. The summed E-state index contributed by atoms with van der Waals surface area (Å²) in [5, 5.41) is 18.3. The molecule has 0 aliphatic carbocycles. The number of aromatic nitrogens is 1. The molecule has 0 saturated carbocycles. The summed E-state index contributed by atoms with van der Waals surface area (Å²) in [4.78, 5) is 15.1. The van der Waals surface area contributed by atoms with E-state index in [0.29, 0.717) is 22.4 Å². The predicted molar refractivity (Wildman–Crippen MR) is 93.5 cm³/mol. The van der Waals surface area contributed by atoms with Crippen LogP contribution in [0.15, 0.2) is 57.2 Å². The molecule has 7 nitrogen and oxygen atoms in total. The molecule has 1 atom stereocenters. The number of benzene rings is 2. The minimum absolute atomic E-state index is 0.0558. The lowest BCUT2D eigenvalue weighted by molar-refractivity contribution is -0.127. The van der Waals surface area contributed by atoms with Gasteiger partial charge in [0.15, 0.2) is 17.2 Å². The first-order chi connectivity index (χ1) is 12.1. The van der Waals surface area contributed by atoms with E-state index in [1.165, 1.54) is 0 Å². The molecular weight excluding hydrogens is 390 g/mol. The third kappa shape index (κ3) is 2.85. The molecule has 0 radical (unpaired) electrons. The summed E-state index contributed by atoms with van der Waals surface area (Å²) in [6.07, 6.45) is -0.877. The Kier molecular flexibility index (Phi) is 3.89. The van der Waals surface area contributed by atoms with Crippen molar-refractivity contribution in [3.05, 3.63) is 46.9 Å². The lowest BCUT2D eigenvalue weighted by Gasteiger charge is -2.23. The van der Waals surface area contributed by atoms with Gasteiger partial charge in [0.1, 0.15) is 6.61 Å². The molecule has 1 aromatic heterocycles. The third-order valence-electron chi connectivity index (χ3n) is 3.77. The number of H-pyrrole nitrogens is 1. The number of carbonyl (C=O) groups excluding carboxylic acids is 1. The highest BCUT2D eigenvalue weighted by molar-refractivity contribution is 9.10. The van der Waals surface area contributed by atoms with Gasteiger partial charge < -0.3 is 19.6 Å². The summed E-state index contributed by atoms with van der Waals surface area (Å²) in [7, 11) is 0. The average Bonchev–Trinajstić information content (AvgIpc) is 2.96. The zero-order valence-electron chi connectivity index (χ0n) is 12.8. The maximum atomic E-state index is 12.3. The van der Waals surface area contributed by atoms with Crippen LogP contribution in [0.1, 0.15) is 0 Å². The summed E-state index contributed by atoms with van der Waals surface area (Å²) in [5.41, 5.74) is 0.870. The molecule has 4 rings (SSSR count). The smallest absolute Gasteiger partial charge is 0.308 e. The van der Waals surface area contributed by atoms with Crippen molar-refractivity contribution in [3.8, 4) is 17.4 Å². The number of nitrogens with one attached hydrogen (secondary N) is 1. The summed E-state index contributed by atoms with van der Waals surface area (Å²) < 4.78 is 11.9. The number of nitrogens with zero attached hydrogens (tertiary/aromatic N) is 2. The molecule has 1 aliphatic heterocycles. The second kappa shape index (κ2) is 6.21. The Balaban J connectivity index is 1.58. The molecule has 2 heterocycles. The van der Waals surface area contributed by atoms with Gasteiger partial charge in [0.2, 0.25) is 12.0 Å². The van der Waals surface area contributed by atoms with E-state index < -0.39 is 12.0 Å². The van der Waals surface area contributed by atoms with Crippen molar-refractivity contribution in [2.75, 3.05) is 6.61 Å². The normalized spacial score (nSPS) is 16.4. The number of halogens is 1. The van der Waals surface area contributed by atoms with Crippen molar-refractivity contribution in [1.29, 1.82) is 0 Å². The molecule has 0 fully saturated rings. The fourth-order valence-electron chi connectivity index (χ4n) is 2.56. The van der Waals surface area contributed by atoms with Gasteiger partial charge in [0, 0.05) is 9.86 Å². The van der Waals surface area contributed by atoms with Crippen LogP contribution >= 0.6 is 15.9 Å². The molecule has 1 aliphatic rings. The first-order valence-corrected chi connectivity index (χ1v) is 8.26. The molecule has 2 aromatic carbocycles. The third-order valence-corrected chi connectivity index (χ3v) is 4.43. The number of azo groups is 1. The van der Waals surface area contributed by atoms with Gasteiger partial charge in [0.25, 0.3) is 0 Å². The Morgan fingerprint density at radius 3 is 2.84 bits per heavy atom. The SMILES string of the molecule is O=C(N=Nc1c(O)[nH]c2c(Br)cccc12)[C@@H]1COc2ccccc2O1. The van der Waals surface area contributed by atoms with Crippen LogP contribution in [-0.4, -0.2) is 28.7 Å². The molecule has 8 heteroatoms. The van der Waals surface area contributed by atoms with E-state index in [1.54, 1.807) is 30.3 Å². The van der Waals surface area contributed by atoms with Gasteiger partial charge in [-0.1, -0.05) is 24.3 Å². The first kappa shape index (κ1) is 15.6. The molecular formula is C17H12BrN3O4. The van der Waals surface area contributed by atoms with Crippen LogP contribution < -0.4 is 9.47 Å². The second-order valence-electron chi connectivity index (χ2n) is 5.39. The van der Waals surface area contributed by atoms with E-state index in [0.717, 1.165) is 4.47 Å². The average molecular weight is 402 g/mol. The number of carbonyl (C=O) groups is 1. The number of aromatic amines is 1. The number of ether oxygens (including phenoxy) is 2. The van der Waals surface area contributed by atoms with Gasteiger partial charge in [0.05, 0.1) is 5.52 Å². The number of hydrogen-bond acceptors (Lipinski definition) is 5. The number of hydrogen-bond donors (Lipinski definition) is 2. The molecule has 3 aromatic rings. The van der Waals surface area contributed by atoms with Gasteiger partial charge >= 0.3 is 5.91 Å². The molecule has 126 valence electrons. The van der Waals surface area contributed by atoms with E-state index in [2.05, 4.69) is 31.1 Å². The highest BCUT2D eigenvalue weighted by Gasteiger charge is 2.27. The second-order valence-corrected chi connectivity index (χ2v) is 6.24. The van der Waals surface area contributed by atoms with Gasteiger partial charge in [-0.05, 0) is 34.1 Å². The summed E-state index contributed by atoms with van der Waals surface area (Å²) in [6.45, 7) is 0.0558. The fraction of sp³-hybridized carbons (Fsp3) is 0.118. The highest BCUT2D eigenvalue weighted by Crippen LogP contribution is 2.38. The number of rotatable bonds is 2. The van der Waals surface area contributed by atoms with E-state index in [-0.39, 0.29) is 18.2 Å². The zero-order chi connectivity index (χ0) is 17.4. The van der Waals surface area contributed by atoms with Gasteiger partial charge in [-0.2, -0.15) is 0 Å². The minimum Gasteiger partial charge on any atom is -0.493 e. The van der Waals surface area contributed by atoms with E-state index in [1.807, 2.05) is 12.1 Å². The molecule has 0 spiro atoms. The quantitative estimate of drug-likeness (QED) is 0.632. The molecule has 0 bridgehead atoms. The van der Waals surface area contributed by atoms with E-state index in [9.17, 15) is 9.90 Å². The van der Waals surface area contributed by atoms with Crippen LogP contribution in [0.2, 0.25) is 0 Å². The molecule has 25 heavy (non-hydrogen) atoms. The monoisotopic (exact) mass is 401 g/mol. The van der Waals surface area contributed by atoms with Crippen LogP contribution in [-0.2, 0) is 4.79 Å². The van der Waals surface area contributed by atoms with Crippen molar-refractivity contribution in [2.45, 2.75) is 6.10 Å². The Morgan fingerprint density at radius 1 is 1.20 bits per heavy atom. The van der Waals surface area contributed by atoms with Crippen molar-refractivity contribution in [1.82, 2.24) is 4.98 Å². The number of para-hydroxylation sites is 3. The number of aromatic hydroxyl groups is 1. The zero-order valence-corrected chi connectivity index (χ0v) is 14.4. The first-order valence-electron chi connectivity index (χ1n) is 7.46. The van der Waals surface area contributed by atoms with Crippen molar-refractivity contribution >= 4 is 38.4 Å². The Morgan fingerprint density at radius 2 is 2.00 bits per heavy atom. The largest absolute Gasteiger partial charge is 0.493 e. The maximum absolute atomic E-state index is 12.3. The van der Waals surface area contributed by atoms with Crippen LogP contribution in [0, 0.1) is 0 Å². The molecule has 2 N–H and O–H groups in total. The lowest BCUT2D eigenvalue weighted by Crippen LogP contribution is -2.35. The standard InChI is InChI=1S/C17H12BrN3O4/c18-10-5-3-4-9-14(10)19-17(23)15(9)20-21-16(22)13-8-24-11-6-1-2-7-12(11)25-13/h1-7,13,19,23H,8H2/t13-/m0/s1. The molecule has 0 saturated heterocycles. The van der Waals surface area contributed by atoms with Crippen molar-refractivity contribution in [3.63, 3.8) is 0 Å². The summed E-state index contributed by atoms with van der Waals surface area (Å²) in [6, 6.07) is 12.5. The van der Waals surface area contributed by atoms with Crippen molar-refractivity contribution in [2.24, 2.45) is 10.2 Å². The number of fused-ring (bicyclic) bond motifs is 2. The fourth-order valence-corrected chi connectivity index (χ4v) is 3.03. The topological polar surface area (TPSA) is 96.3 Å². The van der Waals surface area contributed by atoms with Crippen LogP contribution in [0.25, 0.3) is 10.9 Å². The van der Waals surface area contributed by atoms with Crippen LogP contribution in [0.5, 0.6) is 17.4 Å². The maximum Gasteiger partial charge on any atom is 0.308 e. The Labute approximate surface area is 150 Å². The Hall–Kier alpha value is -2.87. The highest BCUT2D eigenvalue weighted by atomic mass is 79.9. The molecule has 1 amide bonds. The summed E-state index contributed by atoms with van der Waals surface area (Å²) >= 11 is 3.38. The summed E-state index contributed by atoms with van der Waals surface area (Å²) in [5.74, 6) is 0.326. The van der Waals surface area contributed by atoms with E-state index >= 15 is 0 Å². The van der Waals surface area contributed by atoms with Crippen LogP contribution in [0.3, 0.4) is 0 Å². The molecule has 0 unspecified atom stereocenters. The van der Waals surface area contributed by atoms with Gasteiger partial charge in [-0.3, -0.25) is 4.79 Å². The van der Waals surface area contributed by atoms with Crippen molar-refractivity contribution < 1.29 is 19.4 Å². The minimum atomic E-state index is -0.877. The number of amides is 1. The lowest BCUT2D eigenvalue weighted by atomic mass is 10.2. The van der Waals surface area contributed by atoms with Gasteiger partial charge in [-0.15, -0.1) is 10.2 Å².